The summed E-state index contributed by atoms with van der Waals surface area (Å²) in [4.78, 5) is 10.9. The van der Waals surface area contributed by atoms with Gasteiger partial charge >= 0.3 is 0 Å². The molecule has 2 nitrogen and oxygen atoms in total. The molecule has 1 fully saturated rings. The maximum Gasteiger partial charge on any atom is 0.135 e. The van der Waals surface area contributed by atoms with Gasteiger partial charge in [0.25, 0.3) is 0 Å². The summed E-state index contributed by atoms with van der Waals surface area (Å²) in [5.74, 6) is 0.403. The van der Waals surface area contributed by atoms with Crippen LogP contribution >= 0.6 is 0 Å². The summed E-state index contributed by atoms with van der Waals surface area (Å²) >= 11 is 0. The summed E-state index contributed by atoms with van der Waals surface area (Å²) in [5.41, 5.74) is -0.0731. The third kappa shape index (κ3) is 1.57. The van der Waals surface area contributed by atoms with Gasteiger partial charge in [-0.05, 0) is 27.2 Å². The van der Waals surface area contributed by atoms with Crippen molar-refractivity contribution < 1.29 is 9.53 Å². The highest BCUT2D eigenvalue weighted by atomic mass is 16.5. The van der Waals surface area contributed by atoms with Crippen LogP contribution in [-0.2, 0) is 9.53 Å². The maximum absolute atomic E-state index is 10.9. The van der Waals surface area contributed by atoms with Crippen molar-refractivity contribution in [2.75, 3.05) is 6.61 Å². The Hall–Kier alpha value is -0.370. The van der Waals surface area contributed by atoms with Crippen molar-refractivity contribution in [2.45, 2.75) is 32.8 Å². The lowest BCUT2D eigenvalue weighted by atomic mass is 9.95. The fraction of sp³-hybridized carbons (Fsp3) is 0.875. The zero-order valence-electron chi connectivity index (χ0n) is 6.81. The molecule has 0 spiro atoms. The molecule has 1 aliphatic heterocycles. The predicted octanol–water partition coefficient (Wildman–Crippen LogP) is 1.39. The molecule has 0 unspecified atom stereocenters. The summed E-state index contributed by atoms with van der Waals surface area (Å²) in [5, 5.41) is 0. The molecule has 0 radical (unpaired) electrons. The summed E-state index contributed by atoms with van der Waals surface area (Å²) < 4.78 is 5.39. The van der Waals surface area contributed by atoms with Crippen LogP contribution < -0.4 is 0 Å². The van der Waals surface area contributed by atoms with Crippen LogP contribution in [0.5, 0.6) is 0 Å². The standard InChI is InChI=1S/C8H14O2/c1-6(9)7-4-8(2,3)10-5-7/h7H,4-5H2,1-3H3/t7-/m1/s1. The van der Waals surface area contributed by atoms with E-state index in [0.717, 1.165) is 6.42 Å². The van der Waals surface area contributed by atoms with E-state index in [1.807, 2.05) is 13.8 Å². The van der Waals surface area contributed by atoms with Crippen molar-refractivity contribution in [3.63, 3.8) is 0 Å². The van der Waals surface area contributed by atoms with Gasteiger partial charge in [0.1, 0.15) is 5.78 Å². The second-order valence-electron chi connectivity index (χ2n) is 3.58. The highest BCUT2D eigenvalue weighted by molar-refractivity contribution is 5.78. The minimum atomic E-state index is -0.0731. The smallest absolute Gasteiger partial charge is 0.135 e. The molecule has 0 aromatic heterocycles. The molecule has 0 N–H and O–H groups in total. The second-order valence-corrected chi connectivity index (χ2v) is 3.58. The molecule has 0 aromatic carbocycles. The van der Waals surface area contributed by atoms with E-state index in [0.29, 0.717) is 6.61 Å². The van der Waals surface area contributed by atoms with Gasteiger partial charge in [-0.25, -0.2) is 0 Å². The van der Waals surface area contributed by atoms with Gasteiger partial charge in [0.2, 0.25) is 0 Å². The molecule has 0 saturated carbocycles. The van der Waals surface area contributed by atoms with E-state index in [-0.39, 0.29) is 17.3 Å². The normalized spacial score (nSPS) is 30.5. The average Bonchev–Trinajstić information content (AvgIpc) is 2.10. The Morgan fingerprint density at radius 3 is 2.40 bits per heavy atom. The fourth-order valence-electron chi connectivity index (χ4n) is 1.30. The Morgan fingerprint density at radius 1 is 1.60 bits per heavy atom. The first-order valence-corrected chi connectivity index (χ1v) is 3.66. The van der Waals surface area contributed by atoms with Gasteiger partial charge < -0.3 is 4.74 Å². The molecule has 1 atom stereocenters. The molecule has 0 bridgehead atoms. The number of carbonyl (C=O) groups is 1. The van der Waals surface area contributed by atoms with Crippen molar-refractivity contribution in [2.24, 2.45) is 5.92 Å². The molecule has 10 heavy (non-hydrogen) atoms. The number of hydrogen-bond acceptors (Lipinski definition) is 2. The molecule has 1 rings (SSSR count). The van der Waals surface area contributed by atoms with Crippen molar-refractivity contribution in [3.05, 3.63) is 0 Å². The van der Waals surface area contributed by atoms with E-state index in [4.69, 9.17) is 4.74 Å². The van der Waals surface area contributed by atoms with Crippen LogP contribution in [-0.4, -0.2) is 18.0 Å². The third-order valence-corrected chi connectivity index (χ3v) is 1.99. The Labute approximate surface area is 61.6 Å². The third-order valence-electron chi connectivity index (χ3n) is 1.99. The van der Waals surface area contributed by atoms with Gasteiger partial charge in [0, 0.05) is 5.92 Å². The van der Waals surface area contributed by atoms with E-state index < -0.39 is 0 Å². The van der Waals surface area contributed by atoms with Gasteiger partial charge in [-0.1, -0.05) is 0 Å². The van der Waals surface area contributed by atoms with E-state index in [9.17, 15) is 4.79 Å². The second kappa shape index (κ2) is 2.35. The Balaban J connectivity index is 2.51. The molecule has 1 heterocycles. The van der Waals surface area contributed by atoms with Gasteiger partial charge in [-0.2, -0.15) is 0 Å². The lowest BCUT2D eigenvalue weighted by Gasteiger charge is -2.14. The quantitative estimate of drug-likeness (QED) is 0.553. The number of Topliss-reactive ketones (excluding diaryl/α,β-unsaturated/α-hetero) is 1. The van der Waals surface area contributed by atoms with Crippen LogP contribution in [0.15, 0.2) is 0 Å². The molecule has 58 valence electrons. The highest BCUT2D eigenvalue weighted by Gasteiger charge is 2.33. The summed E-state index contributed by atoms with van der Waals surface area (Å²) in [6, 6.07) is 0. The largest absolute Gasteiger partial charge is 0.375 e. The van der Waals surface area contributed by atoms with Crippen LogP contribution in [0, 0.1) is 5.92 Å². The predicted molar refractivity (Wildman–Crippen MR) is 38.8 cm³/mol. The summed E-state index contributed by atoms with van der Waals surface area (Å²) in [6.45, 7) is 6.30. The van der Waals surface area contributed by atoms with Crippen molar-refractivity contribution in [1.29, 1.82) is 0 Å². The number of carbonyl (C=O) groups excluding carboxylic acids is 1. The SMILES string of the molecule is CC(=O)[C@H]1COC(C)(C)C1. The number of rotatable bonds is 1. The number of ketones is 1. The van der Waals surface area contributed by atoms with E-state index in [2.05, 4.69) is 0 Å². The van der Waals surface area contributed by atoms with Crippen molar-refractivity contribution in [1.82, 2.24) is 0 Å². The maximum atomic E-state index is 10.9. The summed E-state index contributed by atoms with van der Waals surface area (Å²) in [7, 11) is 0. The van der Waals surface area contributed by atoms with Gasteiger partial charge in [-0.3, -0.25) is 4.79 Å². The zero-order valence-corrected chi connectivity index (χ0v) is 6.81. The minimum absolute atomic E-state index is 0.0731. The van der Waals surface area contributed by atoms with Crippen molar-refractivity contribution in [3.8, 4) is 0 Å². The topological polar surface area (TPSA) is 26.3 Å². The van der Waals surface area contributed by atoms with Gasteiger partial charge in [-0.15, -0.1) is 0 Å². The van der Waals surface area contributed by atoms with E-state index in [1.54, 1.807) is 6.92 Å². The molecule has 0 amide bonds. The molecule has 0 aromatic rings. The zero-order chi connectivity index (χ0) is 7.78. The van der Waals surface area contributed by atoms with Gasteiger partial charge in [0.15, 0.2) is 0 Å². The average molecular weight is 142 g/mol. The van der Waals surface area contributed by atoms with Crippen LogP contribution in [0.2, 0.25) is 0 Å². The lowest BCUT2D eigenvalue weighted by molar-refractivity contribution is -0.120. The molecule has 1 saturated heterocycles. The van der Waals surface area contributed by atoms with Crippen molar-refractivity contribution >= 4 is 5.78 Å². The van der Waals surface area contributed by atoms with E-state index in [1.165, 1.54) is 0 Å². The first kappa shape index (κ1) is 7.73. The van der Waals surface area contributed by atoms with Gasteiger partial charge in [0.05, 0.1) is 12.2 Å². The molecule has 2 heteroatoms. The van der Waals surface area contributed by atoms with Crippen LogP contribution in [0.4, 0.5) is 0 Å². The molecule has 1 aliphatic rings. The van der Waals surface area contributed by atoms with E-state index >= 15 is 0 Å². The first-order chi connectivity index (χ1) is 4.51. The highest BCUT2D eigenvalue weighted by Crippen LogP contribution is 2.29. The molecular formula is C8H14O2. The Kier molecular flexibility index (Phi) is 1.82. The molecular weight excluding hydrogens is 128 g/mol. The Morgan fingerprint density at radius 2 is 2.20 bits per heavy atom. The number of hydrogen-bond donors (Lipinski definition) is 0. The first-order valence-electron chi connectivity index (χ1n) is 3.66. The summed E-state index contributed by atoms with van der Waals surface area (Å²) in [6.07, 6.45) is 0.877. The monoisotopic (exact) mass is 142 g/mol. The van der Waals surface area contributed by atoms with Crippen LogP contribution in [0.25, 0.3) is 0 Å². The molecule has 0 aliphatic carbocycles. The van der Waals surface area contributed by atoms with Crippen LogP contribution in [0.3, 0.4) is 0 Å². The minimum Gasteiger partial charge on any atom is -0.375 e. The number of ether oxygens (including phenoxy) is 1. The lowest BCUT2D eigenvalue weighted by Crippen LogP contribution is -2.17. The fourth-order valence-corrected chi connectivity index (χ4v) is 1.30. The van der Waals surface area contributed by atoms with Crippen LogP contribution in [0.1, 0.15) is 27.2 Å². The Bertz CT molecular complexity index is 149.